The first kappa shape index (κ1) is 66.1. The molecule has 8 aliphatic rings. The molecule has 0 bridgehead atoms. The molecule has 0 aliphatic carbocycles. The van der Waals surface area contributed by atoms with Gasteiger partial charge in [-0.3, -0.25) is 107 Å². The van der Waals surface area contributed by atoms with Crippen LogP contribution < -0.4 is 22.1 Å². The van der Waals surface area contributed by atoms with Crippen LogP contribution in [0, 0.1) is 0 Å². The van der Waals surface area contributed by atoms with E-state index in [0.29, 0.717) is 55.6 Å². The maximum Gasteiger partial charge on any atom is 0.288 e. The van der Waals surface area contributed by atoms with E-state index in [1.54, 1.807) is 62.6 Å². The number of nitrogens with two attached hydrogens (primary N) is 2. The summed E-state index contributed by atoms with van der Waals surface area (Å²) in [6.07, 6.45) is -1.05. The minimum absolute atomic E-state index is 0.00000139. The average Bonchev–Trinajstić information content (AvgIpc) is 1.59. The van der Waals surface area contributed by atoms with Crippen molar-refractivity contribution in [1.82, 2.24) is 49.8 Å². The smallest absolute Gasteiger partial charge is 0.288 e. The molecule has 30 heteroatoms. The summed E-state index contributed by atoms with van der Waals surface area (Å²) in [5.41, 5.74) is 14.9. The zero-order valence-corrected chi connectivity index (χ0v) is 50.6. The molecule has 4 fully saturated rings. The fourth-order valence-corrected chi connectivity index (χ4v) is 12.0. The number of likely N-dealkylation sites (tertiary alicyclic amines) is 2. The molecular weight excluding hydrogens is 1210 g/mol. The number of fused-ring (bicyclic) bond motifs is 4. The van der Waals surface area contributed by atoms with Gasteiger partial charge in [0.05, 0.1) is 44.5 Å². The monoisotopic (exact) mass is 1270 g/mol. The number of likely N-dealkylation sites (N-methyl/N-ethyl adjacent to an activating group) is 2. The van der Waals surface area contributed by atoms with Crippen LogP contribution in [-0.2, 0) is 64.5 Å². The van der Waals surface area contributed by atoms with Crippen molar-refractivity contribution in [3.8, 4) is 0 Å². The molecular formula is C62H62F2N12O16. The second-order valence-electron chi connectivity index (χ2n) is 23.1. The summed E-state index contributed by atoms with van der Waals surface area (Å²) in [7, 11) is 9.90. The average molecular weight is 1270 g/mol. The number of alkyl halides is 2. The highest BCUT2D eigenvalue weighted by Crippen LogP contribution is 2.40. The van der Waals surface area contributed by atoms with E-state index < -0.39 is 125 Å². The Morgan fingerprint density at radius 2 is 0.848 bits per heavy atom. The van der Waals surface area contributed by atoms with Gasteiger partial charge in [0.15, 0.2) is 0 Å². The van der Waals surface area contributed by atoms with Gasteiger partial charge in [-0.1, -0.05) is 48.5 Å². The molecule has 4 saturated heterocycles. The van der Waals surface area contributed by atoms with Gasteiger partial charge in [-0.25, -0.2) is 18.6 Å². The van der Waals surface area contributed by atoms with Gasteiger partial charge in [0.1, 0.15) is 12.1 Å². The highest BCUT2D eigenvalue weighted by molar-refractivity contribution is 6.27. The minimum atomic E-state index is -2.87. The number of carbonyl (C=O) groups is 16. The normalized spacial score (nSPS) is 22.7. The molecule has 28 nitrogen and oxygen atoms in total. The molecule has 6 N–H and O–H groups in total. The Morgan fingerprint density at radius 3 is 1.32 bits per heavy atom. The Balaban J connectivity index is 0.000000145. The van der Waals surface area contributed by atoms with Crippen molar-refractivity contribution in [3.63, 3.8) is 0 Å². The van der Waals surface area contributed by atoms with Crippen molar-refractivity contribution in [3.05, 3.63) is 140 Å². The molecule has 4 atom stereocenters. The van der Waals surface area contributed by atoms with Gasteiger partial charge < -0.3 is 21.3 Å². The van der Waals surface area contributed by atoms with E-state index in [-0.39, 0.29) is 90.9 Å². The van der Waals surface area contributed by atoms with Crippen molar-refractivity contribution in [1.29, 1.82) is 0 Å². The summed E-state index contributed by atoms with van der Waals surface area (Å²) >= 11 is 0. The van der Waals surface area contributed by atoms with Crippen LogP contribution in [0.5, 0.6) is 0 Å². The molecule has 8 heterocycles. The molecule has 0 spiro atoms. The van der Waals surface area contributed by atoms with Crippen LogP contribution in [0.2, 0.25) is 0 Å². The Morgan fingerprint density at radius 1 is 0.457 bits per heavy atom. The number of hydrogen-bond acceptors (Lipinski definition) is 20. The van der Waals surface area contributed by atoms with E-state index in [1.807, 2.05) is 35.3 Å². The zero-order valence-electron chi connectivity index (χ0n) is 50.6. The summed E-state index contributed by atoms with van der Waals surface area (Å²) in [5.74, 6) is -16.6. The molecule has 92 heavy (non-hydrogen) atoms. The van der Waals surface area contributed by atoms with Gasteiger partial charge in [-0.2, -0.15) is 0 Å². The van der Waals surface area contributed by atoms with Gasteiger partial charge in [0.2, 0.25) is 29.5 Å². The van der Waals surface area contributed by atoms with E-state index in [1.165, 1.54) is 25.2 Å². The van der Waals surface area contributed by atoms with Crippen LogP contribution in [-0.4, -0.2) is 200 Å². The maximum atomic E-state index is 15.5. The van der Waals surface area contributed by atoms with Crippen LogP contribution in [0.15, 0.2) is 72.8 Å². The van der Waals surface area contributed by atoms with E-state index in [9.17, 15) is 76.7 Å². The quantitative estimate of drug-likeness (QED) is 0.125. The summed E-state index contributed by atoms with van der Waals surface area (Å²) in [4.78, 5) is 203. The highest BCUT2D eigenvalue weighted by atomic mass is 19.2. The van der Waals surface area contributed by atoms with Gasteiger partial charge >= 0.3 is 0 Å². The highest BCUT2D eigenvalue weighted by Gasteiger charge is 2.60. The SMILES string of the molecule is CN(C)Cc1cccc2c1C(=O)N(C1(F)CCC(=O)N(C)C1=O)C2=O.CN(C)Cc1cccc2c1C(=O)N(C1CCC(=O)N(C)C1=O)C2=O.NCc1cccc2c1C(=O)N(C1(F)CCC(=O)NC1=O)C2=O.NCc1cccc2c1C(=O)N(C1CCC(=O)NC1=O)C2=O. The third-order valence-corrected chi connectivity index (χ3v) is 16.6. The third-order valence-electron chi connectivity index (χ3n) is 16.6. The summed E-state index contributed by atoms with van der Waals surface area (Å²) < 4.78 is 30.5. The predicted molar refractivity (Wildman–Crippen MR) is 312 cm³/mol. The van der Waals surface area contributed by atoms with E-state index in [4.69, 9.17) is 11.5 Å². The van der Waals surface area contributed by atoms with Crippen LogP contribution in [0.3, 0.4) is 0 Å². The number of imide groups is 8. The van der Waals surface area contributed by atoms with Gasteiger partial charge in [-0.15, -0.1) is 0 Å². The molecule has 4 aromatic carbocycles. The Labute approximate surface area is 522 Å². The van der Waals surface area contributed by atoms with Crippen LogP contribution in [0.4, 0.5) is 8.78 Å². The Kier molecular flexibility index (Phi) is 18.4. The zero-order chi connectivity index (χ0) is 67.3. The van der Waals surface area contributed by atoms with E-state index in [0.717, 1.165) is 27.3 Å². The number of rotatable bonds is 10. The standard InChI is InChI=1S/C17H18FN3O4.C17H19N3O4.C14H12FN3O4.C14H13N3O4/c1-19(2)9-10-5-4-6-11-13(10)15(24)21(14(11)23)17(18)8-7-12(22)20(3)16(17)25;1-18(2)9-10-5-4-6-11-14(10)17(24)20(15(11)22)12-7-8-13(21)19(3)16(12)23;15-14(5-4-9(19)17-13(14)22)18-11(20)8-3-1-2-7(6-16)10(8)12(18)21;15-6-7-2-1-3-8-11(7)14(21)17(13(8)20)9-4-5-10(18)16-12(9)19/h4-6H,7-9H2,1-3H3;4-6,12H,7-9H2,1-3H3;1-3H,4-6,16H2,(H,17,19,22);1-3,9H,4-6,15H2,(H,16,18,19). The predicted octanol–water partition coefficient (Wildman–Crippen LogP) is 0.671. The van der Waals surface area contributed by atoms with Crippen molar-refractivity contribution in [2.75, 3.05) is 42.3 Å². The number of halogens is 2. The third kappa shape index (κ3) is 11.4. The lowest BCUT2D eigenvalue weighted by Gasteiger charge is -2.37. The lowest BCUT2D eigenvalue weighted by atomic mass is 10.00. The molecule has 0 aromatic heterocycles. The maximum absolute atomic E-state index is 15.5. The molecule has 0 radical (unpaired) electrons. The van der Waals surface area contributed by atoms with Crippen LogP contribution in [0.1, 0.15) is 156 Å². The second-order valence-corrected chi connectivity index (χ2v) is 23.1. The molecule has 4 aromatic rings. The topological polar surface area (TPSA) is 375 Å². The molecule has 12 rings (SSSR count). The number of amides is 16. The lowest BCUT2D eigenvalue weighted by Crippen LogP contribution is -2.62. The van der Waals surface area contributed by atoms with Gasteiger partial charge in [-0.05, 0) is 87.6 Å². The molecule has 480 valence electrons. The lowest BCUT2D eigenvalue weighted by molar-refractivity contribution is -0.165. The first-order chi connectivity index (χ1) is 43.4. The fraction of sp³-hybridized carbons (Fsp3) is 0.355. The van der Waals surface area contributed by atoms with E-state index >= 15 is 8.78 Å². The van der Waals surface area contributed by atoms with Crippen molar-refractivity contribution < 1.29 is 85.5 Å². The molecule has 4 unspecified atom stereocenters. The first-order valence-corrected chi connectivity index (χ1v) is 28.8. The number of carbonyl (C=O) groups excluding carboxylic acids is 16. The summed E-state index contributed by atoms with van der Waals surface area (Å²) in [5, 5.41) is 3.97. The molecule has 16 amide bonds. The molecule has 8 aliphatic heterocycles. The number of nitrogens with one attached hydrogen (secondary N) is 2. The second kappa shape index (κ2) is 25.5. The Bertz CT molecular complexity index is 3980. The van der Waals surface area contributed by atoms with Crippen molar-refractivity contribution in [2.24, 2.45) is 11.5 Å². The van der Waals surface area contributed by atoms with Crippen LogP contribution >= 0.6 is 0 Å². The van der Waals surface area contributed by atoms with Gasteiger partial charge in [0.25, 0.3) is 76.6 Å². The van der Waals surface area contributed by atoms with Gasteiger partial charge in [0, 0.05) is 78.8 Å². The Hall–Kier alpha value is -10.3. The van der Waals surface area contributed by atoms with Crippen LogP contribution in [0.25, 0.3) is 0 Å². The minimum Gasteiger partial charge on any atom is -0.326 e. The van der Waals surface area contributed by atoms with Crippen molar-refractivity contribution in [2.45, 2.75) is 101 Å². The van der Waals surface area contributed by atoms with E-state index in [2.05, 4.69) is 5.32 Å². The number of benzene rings is 4. The largest absolute Gasteiger partial charge is 0.326 e. The van der Waals surface area contributed by atoms with Crippen molar-refractivity contribution >= 4 is 94.5 Å². The first-order valence-electron chi connectivity index (χ1n) is 28.8. The summed E-state index contributed by atoms with van der Waals surface area (Å²) in [6, 6.07) is 17.4. The number of hydrogen-bond donors (Lipinski definition) is 4. The fourth-order valence-electron chi connectivity index (χ4n) is 12.0. The number of nitrogens with zero attached hydrogens (tertiary/aromatic N) is 8. The molecule has 0 saturated carbocycles. The summed E-state index contributed by atoms with van der Waals surface area (Å²) in [6.45, 7) is 1.04. The number of piperidine rings is 4.